The van der Waals surface area contributed by atoms with Crippen molar-refractivity contribution in [3.8, 4) is 0 Å². The second kappa shape index (κ2) is 8.53. The van der Waals surface area contributed by atoms with Gasteiger partial charge in [-0.05, 0) is 18.9 Å². The fourth-order valence-corrected chi connectivity index (χ4v) is 1.32. The van der Waals surface area contributed by atoms with Gasteiger partial charge in [0.05, 0.1) is 19.8 Å². The van der Waals surface area contributed by atoms with Crippen LogP contribution in [0.15, 0.2) is 42.5 Å². The first kappa shape index (κ1) is 13.5. The molecule has 0 fully saturated rings. The third-order valence-electron chi connectivity index (χ3n) is 2.13. The number of carbonyl (C=O) groups is 1. The van der Waals surface area contributed by atoms with Crippen molar-refractivity contribution >= 4 is 5.97 Å². The van der Waals surface area contributed by atoms with Crippen molar-refractivity contribution in [2.45, 2.75) is 13.3 Å². The van der Waals surface area contributed by atoms with Gasteiger partial charge in [0, 0.05) is 6.08 Å². The Kier molecular flexibility index (Phi) is 6.75. The van der Waals surface area contributed by atoms with Crippen LogP contribution >= 0.6 is 0 Å². The van der Waals surface area contributed by atoms with E-state index in [9.17, 15) is 4.79 Å². The van der Waals surface area contributed by atoms with E-state index in [4.69, 9.17) is 9.47 Å². The Hall–Kier alpha value is -1.61. The molecule has 0 saturated heterocycles. The van der Waals surface area contributed by atoms with Crippen LogP contribution in [0.5, 0.6) is 0 Å². The van der Waals surface area contributed by atoms with Crippen LogP contribution in [0.2, 0.25) is 0 Å². The molecule has 1 rings (SSSR count). The third-order valence-corrected chi connectivity index (χ3v) is 2.13. The van der Waals surface area contributed by atoms with Crippen LogP contribution in [0.3, 0.4) is 0 Å². The van der Waals surface area contributed by atoms with Crippen molar-refractivity contribution in [1.82, 2.24) is 0 Å². The van der Waals surface area contributed by atoms with Crippen molar-refractivity contribution in [3.63, 3.8) is 0 Å². The van der Waals surface area contributed by atoms with Gasteiger partial charge in [0.25, 0.3) is 0 Å². The molecule has 0 spiro atoms. The smallest absolute Gasteiger partial charge is 0.330 e. The van der Waals surface area contributed by atoms with E-state index in [2.05, 4.69) is 12.1 Å². The van der Waals surface area contributed by atoms with Crippen LogP contribution in [0.25, 0.3) is 0 Å². The number of rotatable bonds is 7. The highest BCUT2D eigenvalue weighted by Gasteiger charge is 1.93. The van der Waals surface area contributed by atoms with Crippen LogP contribution in [0, 0.1) is 0 Å². The maximum Gasteiger partial charge on any atom is 0.330 e. The van der Waals surface area contributed by atoms with E-state index in [1.165, 1.54) is 11.6 Å². The van der Waals surface area contributed by atoms with Crippen molar-refractivity contribution in [2.75, 3.05) is 19.8 Å². The molecule has 0 atom stereocenters. The standard InChI is InChI=1S/C14H18O3/c1-2-17-14(15)9-6-11-16-12-10-13-7-4-3-5-8-13/h3-9H,2,10-12H2,1H3/b9-6+. The van der Waals surface area contributed by atoms with Gasteiger partial charge in [0.1, 0.15) is 0 Å². The SMILES string of the molecule is CCOC(=O)/C=C/COCCc1ccccc1. The highest BCUT2D eigenvalue weighted by molar-refractivity contribution is 5.81. The summed E-state index contributed by atoms with van der Waals surface area (Å²) in [6.07, 6.45) is 3.95. The van der Waals surface area contributed by atoms with Gasteiger partial charge in [-0.2, -0.15) is 0 Å². The maximum absolute atomic E-state index is 10.9. The molecule has 0 heterocycles. The second-order valence-corrected chi connectivity index (χ2v) is 3.46. The van der Waals surface area contributed by atoms with Crippen molar-refractivity contribution in [1.29, 1.82) is 0 Å². The van der Waals surface area contributed by atoms with Gasteiger partial charge in [0.15, 0.2) is 0 Å². The van der Waals surface area contributed by atoms with Gasteiger partial charge in [0.2, 0.25) is 0 Å². The quantitative estimate of drug-likeness (QED) is 0.413. The molecular weight excluding hydrogens is 216 g/mol. The molecule has 0 aliphatic rings. The molecule has 17 heavy (non-hydrogen) atoms. The van der Waals surface area contributed by atoms with Crippen molar-refractivity contribution in [3.05, 3.63) is 48.0 Å². The Balaban J connectivity index is 2.07. The number of esters is 1. The summed E-state index contributed by atoms with van der Waals surface area (Å²) in [5, 5.41) is 0. The zero-order valence-corrected chi connectivity index (χ0v) is 10.1. The summed E-state index contributed by atoms with van der Waals surface area (Å²) in [5.41, 5.74) is 1.25. The Labute approximate surface area is 102 Å². The number of carbonyl (C=O) groups excluding carboxylic acids is 1. The number of ether oxygens (including phenoxy) is 2. The van der Waals surface area contributed by atoms with Crippen LogP contribution in [-0.4, -0.2) is 25.8 Å². The van der Waals surface area contributed by atoms with Crippen molar-refractivity contribution < 1.29 is 14.3 Å². The summed E-state index contributed by atoms with van der Waals surface area (Å²) in [5.74, 6) is -0.320. The minimum absolute atomic E-state index is 0.320. The van der Waals surface area contributed by atoms with Gasteiger partial charge in [-0.3, -0.25) is 0 Å². The molecule has 0 aromatic heterocycles. The summed E-state index contributed by atoms with van der Waals surface area (Å²) in [4.78, 5) is 10.9. The van der Waals surface area contributed by atoms with Gasteiger partial charge in [-0.1, -0.05) is 36.4 Å². The average molecular weight is 234 g/mol. The van der Waals surface area contributed by atoms with E-state index >= 15 is 0 Å². The molecule has 3 heteroatoms. The van der Waals surface area contributed by atoms with Gasteiger partial charge in [-0.15, -0.1) is 0 Å². The molecule has 0 saturated carbocycles. The lowest BCUT2D eigenvalue weighted by Gasteiger charge is -2.01. The van der Waals surface area contributed by atoms with E-state index in [1.54, 1.807) is 13.0 Å². The van der Waals surface area contributed by atoms with E-state index in [1.807, 2.05) is 18.2 Å². The van der Waals surface area contributed by atoms with Gasteiger partial charge in [-0.25, -0.2) is 4.79 Å². The Morgan fingerprint density at radius 3 is 2.76 bits per heavy atom. The lowest BCUT2D eigenvalue weighted by atomic mass is 10.2. The molecule has 0 bridgehead atoms. The lowest BCUT2D eigenvalue weighted by molar-refractivity contribution is -0.137. The molecule has 0 amide bonds. The number of hydrogen-bond acceptors (Lipinski definition) is 3. The molecule has 0 aliphatic carbocycles. The van der Waals surface area contributed by atoms with Crippen LogP contribution in [-0.2, 0) is 20.7 Å². The topological polar surface area (TPSA) is 35.5 Å². The van der Waals surface area contributed by atoms with E-state index in [0.29, 0.717) is 19.8 Å². The fourth-order valence-electron chi connectivity index (χ4n) is 1.32. The summed E-state index contributed by atoms with van der Waals surface area (Å²) in [6, 6.07) is 10.1. The molecule has 0 aliphatic heterocycles. The molecule has 3 nitrogen and oxygen atoms in total. The Bertz CT molecular complexity index is 344. The first-order chi connectivity index (χ1) is 8.33. The zero-order valence-electron chi connectivity index (χ0n) is 10.1. The predicted molar refractivity (Wildman–Crippen MR) is 66.7 cm³/mol. The molecule has 1 aromatic rings. The number of benzene rings is 1. The first-order valence-electron chi connectivity index (χ1n) is 5.78. The Morgan fingerprint density at radius 2 is 2.06 bits per heavy atom. The highest BCUT2D eigenvalue weighted by Crippen LogP contribution is 1.99. The number of hydrogen-bond donors (Lipinski definition) is 0. The second-order valence-electron chi connectivity index (χ2n) is 3.46. The summed E-state index contributed by atoms with van der Waals surface area (Å²) < 4.78 is 10.1. The first-order valence-corrected chi connectivity index (χ1v) is 5.78. The molecule has 0 radical (unpaired) electrons. The molecule has 0 unspecified atom stereocenters. The molecule has 92 valence electrons. The predicted octanol–water partition coefficient (Wildman–Crippen LogP) is 2.37. The molecular formula is C14H18O3. The minimum Gasteiger partial charge on any atom is -0.463 e. The van der Waals surface area contributed by atoms with Gasteiger partial charge >= 0.3 is 5.97 Å². The zero-order chi connectivity index (χ0) is 12.3. The maximum atomic E-state index is 10.9. The highest BCUT2D eigenvalue weighted by atomic mass is 16.5. The third kappa shape index (κ3) is 6.53. The van der Waals surface area contributed by atoms with Crippen LogP contribution in [0.4, 0.5) is 0 Å². The van der Waals surface area contributed by atoms with E-state index in [-0.39, 0.29) is 5.97 Å². The normalized spacial score (nSPS) is 10.6. The van der Waals surface area contributed by atoms with E-state index in [0.717, 1.165) is 6.42 Å². The lowest BCUT2D eigenvalue weighted by Crippen LogP contribution is -2.01. The summed E-state index contributed by atoms with van der Waals surface area (Å²) >= 11 is 0. The molecule has 0 N–H and O–H groups in total. The summed E-state index contributed by atoms with van der Waals surface area (Å²) in [6.45, 7) is 3.27. The van der Waals surface area contributed by atoms with Crippen LogP contribution in [0.1, 0.15) is 12.5 Å². The van der Waals surface area contributed by atoms with Gasteiger partial charge < -0.3 is 9.47 Å². The van der Waals surface area contributed by atoms with Crippen molar-refractivity contribution in [2.24, 2.45) is 0 Å². The van der Waals surface area contributed by atoms with E-state index < -0.39 is 0 Å². The summed E-state index contributed by atoms with van der Waals surface area (Å²) in [7, 11) is 0. The minimum atomic E-state index is -0.320. The Morgan fingerprint density at radius 1 is 1.29 bits per heavy atom. The van der Waals surface area contributed by atoms with Crippen LogP contribution < -0.4 is 0 Å². The fraction of sp³-hybridized carbons (Fsp3) is 0.357. The average Bonchev–Trinajstić information content (AvgIpc) is 2.35. The molecule has 1 aromatic carbocycles. The monoisotopic (exact) mass is 234 g/mol. The largest absolute Gasteiger partial charge is 0.463 e.